The minimum atomic E-state index is 0.503. The number of nitrogens with one attached hydrogen (secondary N) is 2. The van der Waals surface area contributed by atoms with E-state index in [0.29, 0.717) is 18.3 Å². The number of nitrogens with zero attached hydrogens (tertiary/aromatic N) is 3. The van der Waals surface area contributed by atoms with Gasteiger partial charge < -0.3 is 15.2 Å². The van der Waals surface area contributed by atoms with Crippen molar-refractivity contribution >= 4 is 5.96 Å². The van der Waals surface area contributed by atoms with Gasteiger partial charge in [-0.05, 0) is 19.3 Å². The zero-order valence-corrected chi connectivity index (χ0v) is 13.2. The highest BCUT2D eigenvalue weighted by Gasteiger charge is 2.13. The van der Waals surface area contributed by atoms with Gasteiger partial charge >= 0.3 is 0 Å². The Morgan fingerprint density at radius 2 is 2.10 bits per heavy atom. The van der Waals surface area contributed by atoms with Crippen molar-refractivity contribution in [3.8, 4) is 0 Å². The van der Waals surface area contributed by atoms with Crippen LogP contribution in [0, 0.1) is 12.8 Å². The van der Waals surface area contributed by atoms with Crippen molar-refractivity contribution in [2.24, 2.45) is 10.9 Å². The lowest BCUT2D eigenvalue weighted by molar-refractivity contribution is 0.371. The molecular formula is C15H27N5O. The molecule has 0 saturated heterocycles. The van der Waals surface area contributed by atoms with Gasteiger partial charge in [0.25, 0.3) is 0 Å². The summed E-state index contributed by atoms with van der Waals surface area (Å²) in [5.41, 5.74) is 0. The molecular weight excluding hydrogens is 266 g/mol. The van der Waals surface area contributed by atoms with E-state index in [2.05, 4.69) is 25.8 Å². The van der Waals surface area contributed by atoms with Crippen LogP contribution in [0.15, 0.2) is 9.52 Å². The second-order valence-electron chi connectivity index (χ2n) is 5.73. The van der Waals surface area contributed by atoms with E-state index in [1.807, 2.05) is 6.92 Å². The van der Waals surface area contributed by atoms with Crippen LogP contribution in [-0.2, 0) is 6.54 Å². The average molecular weight is 293 g/mol. The normalized spacial score (nSPS) is 16.4. The monoisotopic (exact) mass is 293 g/mol. The molecule has 0 spiro atoms. The molecule has 1 heterocycles. The first-order valence-corrected chi connectivity index (χ1v) is 8.01. The van der Waals surface area contributed by atoms with Gasteiger partial charge in [0.1, 0.15) is 0 Å². The molecule has 0 bridgehead atoms. The molecule has 2 N–H and O–H groups in total. The third-order valence-electron chi connectivity index (χ3n) is 4.01. The maximum Gasteiger partial charge on any atom is 0.246 e. The molecule has 6 nitrogen and oxygen atoms in total. The standard InChI is InChI=1S/C15H27N5O/c1-12-19-14(21-20-12)11-18-15(16-2)17-10-6-5-9-13-7-3-4-8-13/h13H,3-11H2,1-2H3,(H2,16,17,18). The van der Waals surface area contributed by atoms with E-state index < -0.39 is 0 Å². The van der Waals surface area contributed by atoms with E-state index in [4.69, 9.17) is 4.52 Å². The van der Waals surface area contributed by atoms with Crippen molar-refractivity contribution in [2.75, 3.05) is 13.6 Å². The van der Waals surface area contributed by atoms with Gasteiger partial charge in [-0.25, -0.2) is 0 Å². The highest BCUT2D eigenvalue weighted by atomic mass is 16.5. The Kier molecular flexibility index (Phi) is 6.50. The topological polar surface area (TPSA) is 75.3 Å². The Labute approximate surface area is 126 Å². The number of hydrogen-bond donors (Lipinski definition) is 2. The molecule has 21 heavy (non-hydrogen) atoms. The van der Waals surface area contributed by atoms with Crippen LogP contribution in [-0.4, -0.2) is 29.7 Å². The van der Waals surface area contributed by atoms with Crippen molar-refractivity contribution in [3.63, 3.8) is 0 Å². The molecule has 1 aliphatic rings. The van der Waals surface area contributed by atoms with Gasteiger partial charge in [-0.2, -0.15) is 4.98 Å². The number of hydrogen-bond acceptors (Lipinski definition) is 4. The Hall–Kier alpha value is -1.59. The van der Waals surface area contributed by atoms with Crippen LogP contribution in [0.3, 0.4) is 0 Å². The third-order valence-corrected chi connectivity index (χ3v) is 4.01. The summed E-state index contributed by atoms with van der Waals surface area (Å²) < 4.78 is 5.05. The Balaban J connectivity index is 1.55. The van der Waals surface area contributed by atoms with E-state index in [1.165, 1.54) is 44.9 Å². The van der Waals surface area contributed by atoms with Crippen LogP contribution in [0.4, 0.5) is 0 Å². The summed E-state index contributed by atoms with van der Waals surface area (Å²) in [5.74, 6) is 3.01. The number of aryl methyl sites for hydroxylation is 1. The van der Waals surface area contributed by atoms with Gasteiger partial charge in [0.15, 0.2) is 11.8 Å². The van der Waals surface area contributed by atoms with Gasteiger partial charge in [-0.3, -0.25) is 4.99 Å². The first kappa shape index (κ1) is 15.8. The molecule has 0 amide bonds. The second-order valence-corrected chi connectivity index (χ2v) is 5.73. The second kappa shape index (κ2) is 8.64. The van der Waals surface area contributed by atoms with Crippen molar-refractivity contribution in [1.29, 1.82) is 0 Å². The van der Waals surface area contributed by atoms with Crippen molar-refractivity contribution in [1.82, 2.24) is 20.8 Å². The van der Waals surface area contributed by atoms with E-state index in [-0.39, 0.29) is 0 Å². The van der Waals surface area contributed by atoms with E-state index >= 15 is 0 Å². The fraction of sp³-hybridized carbons (Fsp3) is 0.800. The number of aliphatic imine (C=N–C) groups is 1. The van der Waals surface area contributed by atoms with Crippen LogP contribution >= 0.6 is 0 Å². The fourth-order valence-electron chi connectivity index (χ4n) is 2.86. The Morgan fingerprint density at radius 1 is 1.29 bits per heavy atom. The molecule has 118 valence electrons. The summed E-state index contributed by atoms with van der Waals surface area (Å²) in [5, 5.41) is 10.3. The first-order chi connectivity index (χ1) is 10.3. The molecule has 0 radical (unpaired) electrons. The number of rotatable bonds is 7. The van der Waals surface area contributed by atoms with Crippen LogP contribution in [0.2, 0.25) is 0 Å². The Morgan fingerprint density at radius 3 is 2.76 bits per heavy atom. The van der Waals surface area contributed by atoms with Gasteiger partial charge in [-0.1, -0.05) is 43.7 Å². The van der Waals surface area contributed by atoms with Crippen LogP contribution < -0.4 is 10.6 Å². The fourth-order valence-corrected chi connectivity index (χ4v) is 2.86. The summed E-state index contributed by atoms with van der Waals surface area (Å²) in [7, 11) is 1.77. The molecule has 0 aliphatic heterocycles. The maximum atomic E-state index is 5.05. The van der Waals surface area contributed by atoms with Crippen LogP contribution in [0.1, 0.15) is 56.7 Å². The van der Waals surface area contributed by atoms with Gasteiger partial charge in [0.2, 0.25) is 5.89 Å². The molecule has 6 heteroatoms. The summed E-state index contributed by atoms with van der Waals surface area (Å²) >= 11 is 0. The van der Waals surface area contributed by atoms with Gasteiger partial charge in [-0.15, -0.1) is 0 Å². The Bertz CT molecular complexity index is 437. The van der Waals surface area contributed by atoms with Gasteiger partial charge in [0, 0.05) is 13.6 Å². The minimum Gasteiger partial charge on any atom is -0.356 e. The summed E-state index contributed by atoms with van der Waals surface area (Å²) in [6, 6.07) is 0. The number of aromatic nitrogens is 2. The molecule has 1 aliphatic carbocycles. The molecule has 1 fully saturated rings. The molecule has 1 aromatic heterocycles. The van der Waals surface area contributed by atoms with Gasteiger partial charge in [0.05, 0.1) is 6.54 Å². The highest BCUT2D eigenvalue weighted by Crippen LogP contribution is 2.28. The summed E-state index contributed by atoms with van der Waals surface area (Å²) in [6.07, 6.45) is 9.65. The first-order valence-electron chi connectivity index (χ1n) is 8.01. The third kappa shape index (κ3) is 5.73. The van der Waals surface area contributed by atoms with Crippen LogP contribution in [0.5, 0.6) is 0 Å². The highest BCUT2D eigenvalue weighted by molar-refractivity contribution is 5.79. The van der Waals surface area contributed by atoms with Crippen molar-refractivity contribution in [2.45, 2.75) is 58.4 Å². The van der Waals surface area contributed by atoms with Crippen molar-refractivity contribution < 1.29 is 4.52 Å². The quantitative estimate of drug-likeness (QED) is 0.459. The molecule has 0 aromatic carbocycles. The van der Waals surface area contributed by atoms with E-state index in [9.17, 15) is 0 Å². The lowest BCUT2D eigenvalue weighted by atomic mass is 10.0. The zero-order valence-electron chi connectivity index (χ0n) is 13.2. The zero-order chi connectivity index (χ0) is 14.9. The minimum absolute atomic E-state index is 0.503. The molecule has 0 unspecified atom stereocenters. The molecule has 1 aromatic rings. The van der Waals surface area contributed by atoms with Crippen molar-refractivity contribution in [3.05, 3.63) is 11.7 Å². The largest absolute Gasteiger partial charge is 0.356 e. The lowest BCUT2D eigenvalue weighted by Crippen LogP contribution is -2.37. The predicted octanol–water partition coefficient (Wildman–Crippen LogP) is 2.40. The smallest absolute Gasteiger partial charge is 0.246 e. The predicted molar refractivity (Wildman–Crippen MR) is 83.0 cm³/mol. The van der Waals surface area contributed by atoms with E-state index in [0.717, 1.165) is 18.4 Å². The maximum absolute atomic E-state index is 5.05. The average Bonchev–Trinajstić information content (AvgIpc) is 3.13. The number of unbranched alkanes of at least 4 members (excludes halogenated alkanes) is 1. The SMILES string of the molecule is CN=C(NCCCCC1CCCC1)NCc1nc(C)no1. The van der Waals surface area contributed by atoms with E-state index in [1.54, 1.807) is 7.05 Å². The summed E-state index contributed by atoms with van der Waals surface area (Å²) in [6.45, 7) is 3.27. The number of guanidine groups is 1. The van der Waals surface area contributed by atoms with Crippen LogP contribution in [0.25, 0.3) is 0 Å². The molecule has 2 rings (SSSR count). The molecule has 1 saturated carbocycles. The lowest BCUT2D eigenvalue weighted by Gasteiger charge is -2.11. The molecule has 0 atom stereocenters. The summed E-state index contributed by atoms with van der Waals surface area (Å²) in [4.78, 5) is 8.34.